The van der Waals surface area contributed by atoms with E-state index in [4.69, 9.17) is 9.84 Å². The van der Waals surface area contributed by atoms with Crippen molar-refractivity contribution in [1.29, 1.82) is 0 Å². The van der Waals surface area contributed by atoms with Crippen molar-refractivity contribution in [2.75, 3.05) is 5.75 Å². The van der Waals surface area contributed by atoms with Crippen LogP contribution >= 0.6 is 27.7 Å². The highest BCUT2D eigenvalue weighted by atomic mass is 79.9. The SMILES string of the molecule is C=C/C=C\C(=C/C)N1C(=O)/C(=C/c2ccc(OCc3ccc(C(=O)O)cc3)c(Br)c2)C(=O)N=C1SCC(=O)NC(c1ccccc1)c1ccccc1. The molecule has 1 aliphatic heterocycles. The third kappa shape index (κ3) is 9.51. The van der Waals surface area contributed by atoms with E-state index in [1.807, 2.05) is 60.7 Å². The van der Waals surface area contributed by atoms with Crippen LogP contribution in [0.1, 0.15) is 45.6 Å². The Morgan fingerprint density at radius 2 is 1.63 bits per heavy atom. The topological polar surface area (TPSA) is 125 Å². The van der Waals surface area contributed by atoms with Crippen molar-refractivity contribution in [3.05, 3.63) is 178 Å². The van der Waals surface area contributed by atoms with Gasteiger partial charge in [0.15, 0.2) is 5.17 Å². The molecule has 0 aliphatic carbocycles. The van der Waals surface area contributed by atoms with Crippen LogP contribution in [0.25, 0.3) is 6.08 Å². The van der Waals surface area contributed by atoms with Gasteiger partial charge < -0.3 is 15.2 Å². The molecule has 0 bridgehead atoms. The average Bonchev–Trinajstić information content (AvgIpc) is 3.16. The summed E-state index contributed by atoms with van der Waals surface area (Å²) >= 11 is 4.49. The lowest BCUT2D eigenvalue weighted by Gasteiger charge is -2.28. The molecule has 0 saturated heterocycles. The standard InChI is InChI=1S/C41H34BrN3O6S/c1-3-5-16-32(4-2)45-39(48)33(23-28-19-22-35(34(42)24-28)51-25-27-17-20-31(21-18-27)40(49)50)38(47)44-41(45)52-26-36(46)43-37(29-12-8-6-9-13-29)30-14-10-7-11-15-30/h3-24,37H,1,25-26H2,2H3,(H,43,46)(H,49,50)/b16-5-,32-4+,33-23+. The first-order chi connectivity index (χ1) is 25.2. The summed E-state index contributed by atoms with van der Waals surface area (Å²) in [7, 11) is 0. The van der Waals surface area contributed by atoms with Gasteiger partial charge in [-0.3, -0.25) is 19.3 Å². The average molecular weight is 777 g/mol. The molecule has 0 radical (unpaired) electrons. The molecular weight excluding hydrogens is 742 g/mol. The van der Waals surface area contributed by atoms with Gasteiger partial charge in [0.25, 0.3) is 11.8 Å². The predicted octanol–water partition coefficient (Wildman–Crippen LogP) is 8.12. The summed E-state index contributed by atoms with van der Waals surface area (Å²) in [4.78, 5) is 57.6. The maximum atomic E-state index is 14.1. The Hall–Kier alpha value is -5.78. The Morgan fingerprint density at radius 3 is 2.21 bits per heavy atom. The van der Waals surface area contributed by atoms with Crippen LogP contribution in [0.5, 0.6) is 5.75 Å². The van der Waals surface area contributed by atoms with Gasteiger partial charge in [-0.15, -0.1) is 0 Å². The highest BCUT2D eigenvalue weighted by Gasteiger charge is 2.35. The lowest BCUT2D eigenvalue weighted by molar-refractivity contribution is -0.126. The van der Waals surface area contributed by atoms with Gasteiger partial charge in [-0.25, -0.2) is 4.79 Å². The Morgan fingerprint density at radius 1 is 0.981 bits per heavy atom. The zero-order valence-corrected chi connectivity index (χ0v) is 30.5. The third-order valence-electron chi connectivity index (χ3n) is 7.78. The molecule has 0 unspecified atom stereocenters. The molecule has 9 nitrogen and oxygen atoms in total. The van der Waals surface area contributed by atoms with Crippen LogP contribution in [0.4, 0.5) is 0 Å². The summed E-state index contributed by atoms with van der Waals surface area (Å²) in [5.41, 5.74) is 3.62. The number of nitrogens with one attached hydrogen (secondary N) is 1. The first-order valence-electron chi connectivity index (χ1n) is 16.1. The fourth-order valence-electron chi connectivity index (χ4n) is 5.19. The quantitative estimate of drug-likeness (QED) is 0.0799. The molecule has 11 heteroatoms. The van der Waals surface area contributed by atoms with E-state index in [1.54, 1.807) is 61.6 Å². The van der Waals surface area contributed by atoms with Crippen molar-refractivity contribution in [3.8, 4) is 5.75 Å². The Balaban J connectivity index is 1.35. The minimum atomic E-state index is -1.01. The van der Waals surface area contributed by atoms with E-state index < -0.39 is 23.8 Å². The highest BCUT2D eigenvalue weighted by molar-refractivity contribution is 9.10. The van der Waals surface area contributed by atoms with Crippen LogP contribution in [-0.4, -0.2) is 44.6 Å². The minimum absolute atomic E-state index is 0.0707. The second kappa shape index (κ2) is 17.9. The lowest BCUT2D eigenvalue weighted by atomic mass is 9.99. The normalized spacial score (nSPS) is 14.1. The molecular formula is C41H34BrN3O6S. The fraction of sp³-hybridized carbons (Fsp3) is 0.0976. The van der Waals surface area contributed by atoms with Crippen molar-refractivity contribution in [3.63, 3.8) is 0 Å². The Labute approximate surface area is 314 Å². The number of carbonyl (C=O) groups excluding carboxylic acids is 3. The number of carbonyl (C=O) groups is 4. The molecule has 52 heavy (non-hydrogen) atoms. The van der Waals surface area contributed by atoms with Crippen LogP contribution in [-0.2, 0) is 21.0 Å². The molecule has 262 valence electrons. The number of carboxylic acid groups (broad SMARTS) is 1. The number of carboxylic acids is 1. The second-order valence-electron chi connectivity index (χ2n) is 11.3. The minimum Gasteiger partial charge on any atom is -0.488 e. The van der Waals surface area contributed by atoms with Gasteiger partial charge in [0.2, 0.25) is 5.91 Å². The van der Waals surface area contributed by atoms with Crippen molar-refractivity contribution in [2.45, 2.75) is 19.6 Å². The third-order valence-corrected chi connectivity index (χ3v) is 9.33. The first-order valence-corrected chi connectivity index (χ1v) is 17.9. The number of ether oxygens (including phenoxy) is 1. The summed E-state index contributed by atoms with van der Waals surface area (Å²) in [6.07, 6.45) is 8.08. The molecule has 2 N–H and O–H groups in total. The maximum Gasteiger partial charge on any atom is 0.335 e. The molecule has 3 amide bonds. The van der Waals surface area contributed by atoms with Gasteiger partial charge in [0.1, 0.15) is 17.9 Å². The highest BCUT2D eigenvalue weighted by Crippen LogP contribution is 2.30. The van der Waals surface area contributed by atoms with E-state index in [-0.39, 0.29) is 34.6 Å². The number of halogens is 1. The molecule has 4 aromatic rings. The fourth-order valence-corrected chi connectivity index (χ4v) is 6.51. The van der Waals surface area contributed by atoms with Crippen molar-refractivity contribution < 1.29 is 29.0 Å². The Bertz CT molecular complexity index is 2050. The monoisotopic (exact) mass is 775 g/mol. The summed E-state index contributed by atoms with van der Waals surface area (Å²) in [6.45, 7) is 5.67. The molecule has 0 saturated carbocycles. The van der Waals surface area contributed by atoms with E-state index in [0.29, 0.717) is 21.5 Å². The first kappa shape index (κ1) is 37.5. The smallest absolute Gasteiger partial charge is 0.335 e. The van der Waals surface area contributed by atoms with E-state index >= 15 is 0 Å². The molecule has 4 aromatic carbocycles. The predicted molar refractivity (Wildman–Crippen MR) is 208 cm³/mol. The number of amidine groups is 1. The van der Waals surface area contributed by atoms with Crippen molar-refractivity contribution >= 4 is 62.6 Å². The second-order valence-corrected chi connectivity index (χ2v) is 13.1. The number of allylic oxidation sites excluding steroid dienone is 4. The van der Waals surface area contributed by atoms with Crippen molar-refractivity contribution in [2.24, 2.45) is 4.99 Å². The van der Waals surface area contributed by atoms with Gasteiger partial charge in [-0.05, 0) is 81.5 Å². The Kier molecular flexibility index (Phi) is 12.9. The number of benzene rings is 4. The molecule has 0 aromatic heterocycles. The van der Waals surface area contributed by atoms with Crippen LogP contribution in [0.2, 0.25) is 0 Å². The number of hydrogen-bond acceptors (Lipinski definition) is 6. The molecule has 5 rings (SSSR count). The van der Waals surface area contributed by atoms with Crippen molar-refractivity contribution in [1.82, 2.24) is 10.2 Å². The van der Waals surface area contributed by atoms with Crippen LogP contribution in [0.3, 0.4) is 0 Å². The number of aromatic carboxylic acids is 1. The van der Waals surface area contributed by atoms with Crippen LogP contribution in [0, 0.1) is 0 Å². The lowest BCUT2D eigenvalue weighted by Crippen LogP contribution is -2.42. The van der Waals surface area contributed by atoms with Gasteiger partial charge >= 0.3 is 5.97 Å². The number of rotatable bonds is 13. The van der Waals surface area contributed by atoms with Crippen LogP contribution < -0.4 is 10.1 Å². The van der Waals surface area contributed by atoms with Gasteiger partial charge in [-0.2, -0.15) is 4.99 Å². The van der Waals surface area contributed by atoms with E-state index in [0.717, 1.165) is 28.5 Å². The number of aliphatic imine (C=N–C) groups is 1. The molecule has 0 atom stereocenters. The number of thioether (sulfide) groups is 1. The largest absolute Gasteiger partial charge is 0.488 e. The summed E-state index contributed by atoms with van der Waals surface area (Å²) in [5.74, 6) is -2.24. The summed E-state index contributed by atoms with van der Waals surface area (Å²) < 4.78 is 6.49. The summed E-state index contributed by atoms with van der Waals surface area (Å²) in [5, 5.41) is 12.3. The zero-order chi connectivity index (χ0) is 37.0. The van der Waals surface area contributed by atoms with E-state index in [9.17, 15) is 19.2 Å². The molecule has 1 aliphatic rings. The zero-order valence-electron chi connectivity index (χ0n) is 28.1. The number of nitrogens with zero attached hydrogens (tertiary/aromatic N) is 2. The van der Waals surface area contributed by atoms with E-state index in [2.05, 4.69) is 32.8 Å². The summed E-state index contributed by atoms with van der Waals surface area (Å²) in [6, 6.07) is 30.3. The molecule has 0 fully saturated rings. The number of amides is 3. The molecule has 0 spiro atoms. The van der Waals surface area contributed by atoms with E-state index in [1.165, 1.54) is 23.1 Å². The van der Waals surface area contributed by atoms with Gasteiger partial charge in [0.05, 0.1) is 21.8 Å². The van der Waals surface area contributed by atoms with Crippen LogP contribution in [0.15, 0.2) is 155 Å². The maximum absolute atomic E-state index is 14.1. The van der Waals surface area contributed by atoms with Gasteiger partial charge in [-0.1, -0.05) is 115 Å². The molecule has 1 heterocycles. The van der Waals surface area contributed by atoms with Gasteiger partial charge in [0, 0.05) is 5.70 Å². The number of hydrogen-bond donors (Lipinski definition) is 2.